The van der Waals surface area contributed by atoms with Gasteiger partial charge in [-0.2, -0.15) is 13.2 Å². The van der Waals surface area contributed by atoms with Gasteiger partial charge in [-0.3, -0.25) is 0 Å². The lowest BCUT2D eigenvalue weighted by Crippen LogP contribution is -2.53. The standard InChI is InChI=1S/C19H24F3N7O.HI/c1-2-23-17(28-9-11-29(12-10-28)18-25-7-4-8-26-18)27-13-15-5-3-6-24-16(15)30-14-19(20,21)22;/h3-8H,2,9-14H2,1H3,(H,23,27);1H. The number of anilines is 1. The van der Waals surface area contributed by atoms with Gasteiger partial charge in [-0.15, -0.1) is 24.0 Å². The van der Waals surface area contributed by atoms with Crippen LogP contribution < -0.4 is 15.0 Å². The van der Waals surface area contributed by atoms with Gasteiger partial charge in [0.05, 0.1) is 6.54 Å². The van der Waals surface area contributed by atoms with E-state index in [1.807, 2.05) is 6.92 Å². The first-order valence-corrected chi connectivity index (χ1v) is 9.65. The first-order valence-electron chi connectivity index (χ1n) is 9.65. The van der Waals surface area contributed by atoms with Crippen molar-refractivity contribution in [2.45, 2.75) is 19.6 Å². The molecule has 0 atom stereocenters. The number of nitrogens with zero attached hydrogens (tertiary/aromatic N) is 6. The molecule has 0 bridgehead atoms. The lowest BCUT2D eigenvalue weighted by molar-refractivity contribution is -0.154. The largest absolute Gasteiger partial charge is 0.468 e. The molecule has 1 saturated heterocycles. The number of pyridine rings is 1. The topological polar surface area (TPSA) is 78.8 Å². The molecule has 0 aromatic carbocycles. The summed E-state index contributed by atoms with van der Waals surface area (Å²) in [4.78, 5) is 21.3. The molecule has 170 valence electrons. The summed E-state index contributed by atoms with van der Waals surface area (Å²) >= 11 is 0. The Labute approximate surface area is 196 Å². The molecule has 0 aliphatic carbocycles. The van der Waals surface area contributed by atoms with Crippen molar-refractivity contribution in [1.29, 1.82) is 0 Å². The number of halogens is 4. The van der Waals surface area contributed by atoms with Crippen LogP contribution in [0.15, 0.2) is 41.8 Å². The monoisotopic (exact) mass is 551 g/mol. The molecule has 8 nitrogen and oxygen atoms in total. The van der Waals surface area contributed by atoms with Crippen molar-refractivity contribution in [3.05, 3.63) is 42.4 Å². The van der Waals surface area contributed by atoms with Gasteiger partial charge in [0.1, 0.15) is 0 Å². The SMILES string of the molecule is CCNC(=NCc1cccnc1OCC(F)(F)F)N1CCN(c2ncccn2)CC1.I. The summed E-state index contributed by atoms with van der Waals surface area (Å²) in [6, 6.07) is 5.09. The Morgan fingerprint density at radius 2 is 1.77 bits per heavy atom. The lowest BCUT2D eigenvalue weighted by Gasteiger charge is -2.36. The Morgan fingerprint density at radius 1 is 1.10 bits per heavy atom. The number of piperazine rings is 1. The van der Waals surface area contributed by atoms with Crippen LogP contribution in [0.3, 0.4) is 0 Å². The van der Waals surface area contributed by atoms with E-state index in [-0.39, 0.29) is 36.4 Å². The Balaban J connectivity index is 0.00000341. The fourth-order valence-electron chi connectivity index (χ4n) is 2.98. The Bertz CT molecular complexity index is 831. The van der Waals surface area contributed by atoms with E-state index in [1.54, 1.807) is 30.6 Å². The Kier molecular flexibility index (Phi) is 9.52. The van der Waals surface area contributed by atoms with Gasteiger partial charge in [-0.1, -0.05) is 6.07 Å². The number of guanidine groups is 1. The normalized spacial score (nSPS) is 14.8. The van der Waals surface area contributed by atoms with Crippen LogP contribution in [0.2, 0.25) is 0 Å². The van der Waals surface area contributed by atoms with Crippen LogP contribution in [0.25, 0.3) is 0 Å². The molecule has 0 amide bonds. The first-order chi connectivity index (χ1) is 14.5. The van der Waals surface area contributed by atoms with Crippen LogP contribution >= 0.6 is 24.0 Å². The second-order valence-electron chi connectivity index (χ2n) is 6.56. The molecule has 12 heteroatoms. The van der Waals surface area contributed by atoms with Crippen LogP contribution in [-0.4, -0.2) is 71.3 Å². The zero-order valence-corrected chi connectivity index (χ0v) is 19.4. The highest BCUT2D eigenvalue weighted by atomic mass is 127. The van der Waals surface area contributed by atoms with Crippen LogP contribution in [-0.2, 0) is 6.54 Å². The minimum atomic E-state index is -4.42. The van der Waals surface area contributed by atoms with Crippen molar-refractivity contribution in [2.75, 3.05) is 44.2 Å². The van der Waals surface area contributed by atoms with Crippen molar-refractivity contribution in [3.8, 4) is 5.88 Å². The number of nitrogens with one attached hydrogen (secondary N) is 1. The maximum absolute atomic E-state index is 12.5. The van der Waals surface area contributed by atoms with E-state index in [0.29, 0.717) is 37.1 Å². The van der Waals surface area contributed by atoms with Gasteiger partial charge in [0.2, 0.25) is 11.8 Å². The van der Waals surface area contributed by atoms with Gasteiger partial charge in [0.15, 0.2) is 12.6 Å². The van der Waals surface area contributed by atoms with Crippen molar-refractivity contribution < 1.29 is 17.9 Å². The van der Waals surface area contributed by atoms with E-state index >= 15 is 0 Å². The molecule has 1 aliphatic rings. The van der Waals surface area contributed by atoms with Crippen molar-refractivity contribution in [2.24, 2.45) is 4.99 Å². The van der Waals surface area contributed by atoms with Gasteiger partial charge in [-0.05, 0) is 19.1 Å². The lowest BCUT2D eigenvalue weighted by atomic mass is 10.2. The fourth-order valence-corrected chi connectivity index (χ4v) is 2.98. The highest BCUT2D eigenvalue weighted by Crippen LogP contribution is 2.20. The zero-order valence-electron chi connectivity index (χ0n) is 17.0. The molecule has 0 spiro atoms. The molecule has 31 heavy (non-hydrogen) atoms. The van der Waals surface area contributed by atoms with Crippen LogP contribution in [0.5, 0.6) is 5.88 Å². The zero-order chi connectivity index (χ0) is 21.4. The summed E-state index contributed by atoms with van der Waals surface area (Å²) in [6.07, 6.45) is 0.406. The molecule has 0 radical (unpaired) electrons. The van der Waals surface area contributed by atoms with E-state index in [1.165, 1.54) is 6.20 Å². The van der Waals surface area contributed by atoms with Crippen LogP contribution in [0.4, 0.5) is 19.1 Å². The molecule has 2 aromatic heterocycles. The number of hydrogen-bond acceptors (Lipinski definition) is 6. The molecule has 3 rings (SSSR count). The van der Waals surface area contributed by atoms with E-state index in [0.717, 1.165) is 13.1 Å². The van der Waals surface area contributed by atoms with E-state index in [4.69, 9.17) is 4.74 Å². The van der Waals surface area contributed by atoms with Gasteiger partial charge < -0.3 is 19.9 Å². The van der Waals surface area contributed by atoms with Crippen LogP contribution in [0, 0.1) is 0 Å². The Morgan fingerprint density at radius 3 is 2.42 bits per heavy atom. The van der Waals surface area contributed by atoms with Gasteiger partial charge in [0.25, 0.3) is 0 Å². The second kappa shape index (κ2) is 11.9. The summed E-state index contributed by atoms with van der Waals surface area (Å²) in [7, 11) is 0. The average Bonchev–Trinajstić information content (AvgIpc) is 2.76. The van der Waals surface area contributed by atoms with Gasteiger partial charge >= 0.3 is 6.18 Å². The Hall–Kier alpha value is -2.38. The third-order valence-corrected chi connectivity index (χ3v) is 4.37. The minimum absolute atomic E-state index is 0. The van der Waals surface area contributed by atoms with Crippen molar-refractivity contribution in [3.63, 3.8) is 0 Å². The van der Waals surface area contributed by atoms with E-state index in [9.17, 15) is 13.2 Å². The average molecular weight is 551 g/mol. The van der Waals surface area contributed by atoms with E-state index < -0.39 is 12.8 Å². The van der Waals surface area contributed by atoms with Crippen molar-refractivity contribution in [1.82, 2.24) is 25.2 Å². The molecular formula is C19H25F3IN7O. The molecular weight excluding hydrogens is 526 g/mol. The fraction of sp³-hybridized carbons (Fsp3) is 0.474. The summed E-state index contributed by atoms with van der Waals surface area (Å²) < 4.78 is 42.3. The second-order valence-corrected chi connectivity index (χ2v) is 6.56. The maximum Gasteiger partial charge on any atom is 0.422 e. The summed E-state index contributed by atoms with van der Waals surface area (Å²) in [5.74, 6) is 1.33. The number of alkyl halides is 3. The quantitative estimate of drug-likeness (QED) is 0.336. The molecule has 0 saturated carbocycles. The summed E-state index contributed by atoms with van der Waals surface area (Å²) in [5, 5.41) is 3.24. The number of hydrogen-bond donors (Lipinski definition) is 1. The highest BCUT2D eigenvalue weighted by molar-refractivity contribution is 14.0. The number of rotatable bonds is 6. The molecule has 1 fully saturated rings. The van der Waals surface area contributed by atoms with Gasteiger partial charge in [0, 0.05) is 56.9 Å². The molecule has 3 heterocycles. The smallest absolute Gasteiger partial charge is 0.422 e. The van der Waals surface area contributed by atoms with Gasteiger partial charge in [-0.25, -0.2) is 19.9 Å². The molecule has 1 N–H and O–H groups in total. The molecule has 0 unspecified atom stereocenters. The van der Waals surface area contributed by atoms with Crippen molar-refractivity contribution >= 4 is 35.9 Å². The number of aromatic nitrogens is 3. The number of aliphatic imine (C=N–C) groups is 1. The minimum Gasteiger partial charge on any atom is -0.468 e. The number of ether oxygens (including phenoxy) is 1. The predicted octanol–water partition coefficient (Wildman–Crippen LogP) is 2.72. The van der Waals surface area contributed by atoms with E-state index in [2.05, 4.69) is 35.1 Å². The molecule has 1 aliphatic heterocycles. The third kappa shape index (κ3) is 7.67. The predicted molar refractivity (Wildman–Crippen MR) is 122 cm³/mol. The summed E-state index contributed by atoms with van der Waals surface area (Å²) in [6.45, 7) is 4.32. The third-order valence-electron chi connectivity index (χ3n) is 4.37. The summed E-state index contributed by atoms with van der Waals surface area (Å²) in [5.41, 5.74) is 0.494. The van der Waals surface area contributed by atoms with Crippen LogP contribution in [0.1, 0.15) is 12.5 Å². The highest BCUT2D eigenvalue weighted by Gasteiger charge is 2.29. The first kappa shape index (κ1) is 24.9. The molecule has 2 aromatic rings. The maximum atomic E-state index is 12.5.